The topological polar surface area (TPSA) is 68.6 Å². The Morgan fingerprint density at radius 2 is 1.89 bits per heavy atom. The minimum Gasteiger partial charge on any atom is -0.490 e. The first-order valence-corrected chi connectivity index (χ1v) is 10.8. The predicted octanol–water partition coefficient (Wildman–Crippen LogP) is 2.72. The van der Waals surface area contributed by atoms with Crippen molar-refractivity contribution in [3.05, 3.63) is 63.0 Å². The van der Waals surface area contributed by atoms with Gasteiger partial charge in [-0.3, -0.25) is 4.79 Å². The third kappa shape index (κ3) is 4.91. The molecule has 1 fully saturated rings. The lowest BCUT2D eigenvalue weighted by Gasteiger charge is -2.31. The van der Waals surface area contributed by atoms with Crippen molar-refractivity contribution in [2.24, 2.45) is 7.05 Å². The standard InChI is InChI=1S/C19H23ClN2O4S/c1-14-10-18(12-19(23)21(14)2)26-17-6-8-22(9-7-17)27(24,25)13-15-4-3-5-16(20)11-15/h3-5,10-12,17H,6-9,13H2,1-2H3. The molecule has 1 saturated heterocycles. The molecule has 0 N–H and O–H groups in total. The highest BCUT2D eigenvalue weighted by molar-refractivity contribution is 7.88. The van der Waals surface area contributed by atoms with Gasteiger partial charge < -0.3 is 9.30 Å². The van der Waals surface area contributed by atoms with Gasteiger partial charge in [0.15, 0.2) is 0 Å². The average molecular weight is 411 g/mol. The molecule has 0 spiro atoms. The highest BCUT2D eigenvalue weighted by Crippen LogP contribution is 2.22. The molecule has 3 rings (SSSR count). The molecule has 0 saturated carbocycles. The van der Waals surface area contributed by atoms with Crippen molar-refractivity contribution in [3.8, 4) is 5.75 Å². The highest BCUT2D eigenvalue weighted by Gasteiger charge is 2.29. The van der Waals surface area contributed by atoms with Crippen LogP contribution in [-0.2, 0) is 22.8 Å². The van der Waals surface area contributed by atoms with Gasteiger partial charge in [-0.15, -0.1) is 0 Å². The van der Waals surface area contributed by atoms with Crippen LogP contribution < -0.4 is 10.3 Å². The van der Waals surface area contributed by atoms with E-state index >= 15 is 0 Å². The average Bonchev–Trinajstić information content (AvgIpc) is 2.60. The molecule has 8 heteroatoms. The molecule has 0 aliphatic carbocycles. The Bertz CT molecular complexity index is 979. The van der Waals surface area contributed by atoms with E-state index in [9.17, 15) is 13.2 Å². The lowest BCUT2D eigenvalue weighted by Crippen LogP contribution is -2.42. The first-order chi connectivity index (χ1) is 12.7. The Morgan fingerprint density at radius 3 is 2.52 bits per heavy atom. The molecule has 146 valence electrons. The number of halogens is 1. The quantitative estimate of drug-likeness (QED) is 0.760. The Hall–Kier alpha value is -1.83. The van der Waals surface area contributed by atoms with Crippen molar-refractivity contribution in [1.29, 1.82) is 0 Å². The summed E-state index contributed by atoms with van der Waals surface area (Å²) < 4.78 is 34.3. The van der Waals surface area contributed by atoms with Crippen LogP contribution in [0.15, 0.2) is 41.2 Å². The molecule has 2 aromatic rings. The smallest absolute Gasteiger partial charge is 0.254 e. The fourth-order valence-electron chi connectivity index (χ4n) is 3.15. The van der Waals surface area contributed by atoms with Gasteiger partial charge in [-0.05, 0) is 43.5 Å². The second-order valence-electron chi connectivity index (χ2n) is 6.83. The first-order valence-electron chi connectivity index (χ1n) is 8.81. The van der Waals surface area contributed by atoms with Gasteiger partial charge in [0, 0.05) is 36.9 Å². The molecule has 6 nitrogen and oxygen atoms in total. The number of aromatic nitrogens is 1. The summed E-state index contributed by atoms with van der Waals surface area (Å²) in [6, 6.07) is 10.2. The maximum Gasteiger partial charge on any atom is 0.254 e. The van der Waals surface area contributed by atoms with Gasteiger partial charge in [0.2, 0.25) is 10.0 Å². The Labute approximate surface area is 164 Å². The van der Waals surface area contributed by atoms with Gasteiger partial charge in [0.05, 0.1) is 5.75 Å². The van der Waals surface area contributed by atoms with Gasteiger partial charge in [-0.25, -0.2) is 12.7 Å². The molecule has 0 unspecified atom stereocenters. The van der Waals surface area contributed by atoms with Crippen molar-refractivity contribution in [1.82, 2.24) is 8.87 Å². The largest absolute Gasteiger partial charge is 0.490 e. The van der Waals surface area contributed by atoms with E-state index in [1.807, 2.05) is 13.0 Å². The van der Waals surface area contributed by atoms with E-state index in [1.165, 1.54) is 10.4 Å². The molecule has 1 aliphatic heterocycles. The van der Waals surface area contributed by atoms with Gasteiger partial charge in [0.25, 0.3) is 5.56 Å². The zero-order chi connectivity index (χ0) is 19.6. The van der Waals surface area contributed by atoms with Crippen LogP contribution in [0.25, 0.3) is 0 Å². The van der Waals surface area contributed by atoms with E-state index in [1.54, 1.807) is 35.9 Å². The molecule has 0 amide bonds. The van der Waals surface area contributed by atoms with Crippen molar-refractivity contribution in [3.63, 3.8) is 0 Å². The number of benzene rings is 1. The molecular weight excluding hydrogens is 388 g/mol. The fraction of sp³-hybridized carbons (Fsp3) is 0.421. The SMILES string of the molecule is Cc1cc(OC2CCN(S(=O)(=O)Cc3cccc(Cl)c3)CC2)cc(=O)n1C. The normalized spacial score (nSPS) is 16.4. The van der Waals surface area contributed by atoms with Crippen LogP contribution >= 0.6 is 11.6 Å². The lowest BCUT2D eigenvalue weighted by molar-refractivity contribution is 0.134. The summed E-state index contributed by atoms with van der Waals surface area (Å²) in [4.78, 5) is 11.9. The summed E-state index contributed by atoms with van der Waals surface area (Å²) in [5.74, 6) is 0.475. The number of sulfonamides is 1. The molecule has 0 bridgehead atoms. The van der Waals surface area contributed by atoms with E-state index < -0.39 is 10.0 Å². The number of piperidine rings is 1. The second-order valence-corrected chi connectivity index (χ2v) is 9.24. The van der Waals surface area contributed by atoms with Crippen molar-refractivity contribution < 1.29 is 13.2 Å². The predicted molar refractivity (Wildman–Crippen MR) is 106 cm³/mol. The summed E-state index contributed by atoms with van der Waals surface area (Å²) >= 11 is 5.94. The molecular formula is C19H23ClN2O4S. The minimum absolute atomic E-state index is 0.0625. The van der Waals surface area contributed by atoms with E-state index in [4.69, 9.17) is 16.3 Å². The molecule has 0 atom stereocenters. The van der Waals surface area contributed by atoms with Gasteiger partial charge in [-0.1, -0.05) is 23.7 Å². The van der Waals surface area contributed by atoms with Crippen LogP contribution in [0.5, 0.6) is 5.75 Å². The van der Waals surface area contributed by atoms with E-state index in [2.05, 4.69) is 0 Å². The number of hydrogen-bond donors (Lipinski definition) is 0. The van der Waals surface area contributed by atoms with E-state index in [0.29, 0.717) is 42.3 Å². The minimum atomic E-state index is -3.40. The van der Waals surface area contributed by atoms with Crippen LogP contribution in [0.2, 0.25) is 5.02 Å². The van der Waals surface area contributed by atoms with Gasteiger partial charge in [0.1, 0.15) is 11.9 Å². The van der Waals surface area contributed by atoms with Crippen LogP contribution in [0.3, 0.4) is 0 Å². The number of ether oxygens (including phenoxy) is 1. The number of aryl methyl sites for hydroxylation is 1. The lowest BCUT2D eigenvalue weighted by atomic mass is 10.1. The maximum atomic E-state index is 12.7. The molecule has 27 heavy (non-hydrogen) atoms. The van der Waals surface area contributed by atoms with Crippen molar-refractivity contribution >= 4 is 21.6 Å². The number of rotatable bonds is 5. The second kappa shape index (κ2) is 8.04. The Morgan fingerprint density at radius 1 is 1.19 bits per heavy atom. The van der Waals surface area contributed by atoms with Crippen molar-refractivity contribution in [2.45, 2.75) is 31.6 Å². The van der Waals surface area contributed by atoms with E-state index in [0.717, 1.165) is 5.69 Å². The Balaban J connectivity index is 1.60. The third-order valence-electron chi connectivity index (χ3n) is 4.81. The van der Waals surface area contributed by atoms with Crippen LogP contribution in [-0.4, -0.2) is 36.5 Å². The van der Waals surface area contributed by atoms with Crippen LogP contribution in [0.4, 0.5) is 0 Å². The fourth-order valence-corrected chi connectivity index (χ4v) is 4.92. The molecule has 1 aromatic heterocycles. The molecule has 2 heterocycles. The number of nitrogens with zero attached hydrogens (tertiary/aromatic N) is 2. The Kier molecular flexibility index (Phi) is 5.93. The van der Waals surface area contributed by atoms with Crippen LogP contribution in [0.1, 0.15) is 24.1 Å². The zero-order valence-corrected chi connectivity index (χ0v) is 17.0. The molecule has 1 aromatic carbocycles. The van der Waals surface area contributed by atoms with Crippen molar-refractivity contribution in [2.75, 3.05) is 13.1 Å². The number of pyridine rings is 1. The van der Waals surface area contributed by atoms with Gasteiger partial charge in [-0.2, -0.15) is 0 Å². The van der Waals surface area contributed by atoms with Gasteiger partial charge >= 0.3 is 0 Å². The third-order valence-corrected chi connectivity index (χ3v) is 6.90. The zero-order valence-electron chi connectivity index (χ0n) is 15.4. The molecule has 1 aliphatic rings. The molecule has 0 radical (unpaired) electrons. The summed E-state index contributed by atoms with van der Waals surface area (Å²) in [6.07, 6.45) is 1.07. The van der Waals surface area contributed by atoms with Crippen LogP contribution in [0, 0.1) is 6.92 Å². The summed E-state index contributed by atoms with van der Waals surface area (Å²) in [5, 5.41) is 0.527. The summed E-state index contributed by atoms with van der Waals surface area (Å²) in [6.45, 7) is 2.65. The monoisotopic (exact) mass is 410 g/mol. The summed E-state index contributed by atoms with van der Waals surface area (Å²) in [5.41, 5.74) is 1.38. The number of hydrogen-bond acceptors (Lipinski definition) is 4. The van der Waals surface area contributed by atoms with E-state index in [-0.39, 0.29) is 17.4 Å². The summed E-state index contributed by atoms with van der Waals surface area (Å²) in [7, 11) is -1.69. The first kappa shape index (κ1) is 19.9. The maximum absolute atomic E-state index is 12.7. The highest BCUT2D eigenvalue weighted by atomic mass is 35.5.